The number of hydrogen-bond donors (Lipinski definition) is 1. The van der Waals surface area contributed by atoms with Gasteiger partial charge in [0, 0.05) is 32.7 Å². The molecule has 0 unspecified atom stereocenters. The smallest absolute Gasteiger partial charge is 0.317 e. The van der Waals surface area contributed by atoms with Gasteiger partial charge in [0.25, 0.3) is 0 Å². The molecule has 0 bridgehead atoms. The van der Waals surface area contributed by atoms with Gasteiger partial charge in [0.2, 0.25) is 5.91 Å². The molecule has 8 nitrogen and oxygen atoms in total. The Bertz CT molecular complexity index is 1230. The molecule has 8 heteroatoms. The lowest BCUT2D eigenvalue weighted by Gasteiger charge is -2.33. The maximum Gasteiger partial charge on any atom is 0.317 e. The van der Waals surface area contributed by atoms with E-state index in [9.17, 15) is 14.4 Å². The molecule has 2 aromatic carbocycles. The highest BCUT2D eigenvalue weighted by Gasteiger charge is 2.17. The molecule has 4 rings (SSSR count). The topological polar surface area (TPSA) is 79.6 Å². The summed E-state index contributed by atoms with van der Waals surface area (Å²) in [6.45, 7) is 9.19. The lowest BCUT2D eigenvalue weighted by atomic mass is 10.2. The molecule has 1 aromatic heterocycles. The Labute approximate surface area is 199 Å². The monoisotopic (exact) mass is 463 g/mol. The lowest BCUT2D eigenvalue weighted by molar-refractivity contribution is -0.121. The third-order valence-corrected chi connectivity index (χ3v) is 6.51. The van der Waals surface area contributed by atoms with Gasteiger partial charge in [0.05, 0.1) is 17.6 Å². The zero-order valence-electron chi connectivity index (χ0n) is 19.8. The Hall–Kier alpha value is -3.23. The first-order valence-corrected chi connectivity index (χ1v) is 12.0. The molecule has 3 aromatic rings. The number of nitrogens with zero attached hydrogens (tertiary/aromatic N) is 4. The molecule has 34 heavy (non-hydrogen) atoms. The van der Waals surface area contributed by atoms with Gasteiger partial charge < -0.3 is 15.1 Å². The van der Waals surface area contributed by atoms with Crippen LogP contribution in [-0.4, -0.2) is 70.7 Å². The van der Waals surface area contributed by atoms with E-state index in [1.165, 1.54) is 9.13 Å². The van der Waals surface area contributed by atoms with Crippen molar-refractivity contribution in [3.8, 4) is 0 Å². The van der Waals surface area contributed by atoms with E-state index >= 15 is 0 Å². The SMILES string of the molecule is CCN1CCN(CCCNC(=O)Cn2c(=O)c(=O)n(Cc3ccccc3)c3ccccc32)CC1. The summed E-state index contributed by atoms with van der Waals surface area (Å²) in [7, 11) is 0. The minimum Gasteiger partial charge on any atom is -0.355 e. The van der Waals surface area contributed by atoms with Gasteiger partial charge in [-0.3, -0.25) is 23.5 Å². The molecule has 1 fully saturated rings. The molecule has 180 valence electrons. The Kier molecular flexibility index (Phi) is 7.92. The van der Waals surface area contributed by atoms with Crippen molar-refractivity contribution in [1.82, 2.24) is 24.3 Å². The fourth-order valence-electron chi connectivity index (χ4n) is 4.51. The average molecular weight is 464 g/mol. The normalized spacial score (nSPS) is 15.0. The Morgan fingerprint density at radius 3 is 2.09 bits per heavy atom. The van der Waals surface area contributed by atoms with Crippen LogP contribution < -0.4 is 16.4 Å². The third-order valence-electron chi connectivity index (χ3n) is 6.51. The number of para-hydroxylation sites is 2. The van der Waals surface area contributed by atoms with Gasteiger partial charge in [0.1, 0.15) is 6.54 Å². The number of fused-ring (bicyclic) bond motifs is 1. The molecule has 1 aliphatic rings. The molecule has 0 aliphatic carbocycles. The summed E-state index contributed by atoms with van der Waals surface area (Å²) in [5.41, 5.74) is 0.836. The second-order valence-corrected chi connectivity index (χ2v) is 8.74. The van der Waals surface area contributed by atoms with Crippen molar-refractivity contribution in [3.05, 3.63) is 80.9 Å². The van der Waals surface area contributed by atoms with Gasteiger partial charge in [-0.25, -0.2) is 0 Å². The number of amides is 1. The van der Waals surface area contributed by atoms with Crippen LogP contribution in [0.5, 0.6) is 0 Å². The minimum atomic E-state index is -0.682. The van der Waals surface area contributed by atoms with E-state index < -0.39 is 11.1 Å². The maximum atomic E-state index is 13.0. The zero-order valence-corrected chi connectivity index (χ0v) is 19.8. The number of nitrogens with one attached hydrogen (secondary N) is 1. The van der Waals surface area contributed by atoms with Gasteiger partial charge in [-0.1, -0.05) is 49.4 Å². The van der Waals surface area contributed by atoms with Crippen LogP contribution in [0.25, 0.3) is 11.0 Å². The van der Waals surface area contributed by atoms with E-state index in [0.717, 1.165) is 51.3 Å². The van der Waals surface area contributed by atoms with Crippen LogP contribution in [0.3, 0.4) is 0 Å². The first-order chi connectivity index (χ1) is 16.6. The Morgan fingerprint density at radius 1 is 0.824 bits per heavy atom. The van der Waals surface area contributed by atoms with Gasteiger partial charge in [-0.2, -0.15) is 0 Å². The molecular weight excluding hydrogens is 430 g/mol. The van der Waals surface area contributed by atoms with E-state index in [-0.39, 0.29) is 12.5 Å². The van der Waals surface area contributed by atoms with Crippen molar-refractivity contribution < 1.29 is 4.79 Å². The standard InChI is InChI=1S/C26H33N5O3/c1-2-28-15-17-29(18-16-28)14-8-13-27-24(32)20-31-23-12-7-6-11-22(23)30(25(33)26(31)34)19-21-9-4-3-5-10-21/h3-7,9-12H,2,8,13-20H2,1H3,(H,27,32). The molecule has 2 heterocycles. The maximum absolute atomic E-state index is 13.0. The van der Waals surface area contributed by atoms with Crippen LogP contribution in [0.4, 0.5) is 0 Å². The van der Waals surface area contributed by atoms with Crippen molar-refractivity contribution in [2.24, 2.45) is 0 Å². The highest BCUT2D eigenvalue weighted by molar-refractivity contribution is 5.80. The van der Waals surface area contributed by atoms with Gasteiger partial charge in [-0.15, -0.1) is 0 Å². The first kappa shape index (κ1) is 23.9. The van der Waals surface area contributed by atoms with Crippen LogP contribution in [0.2, 0.25) is 0 Å². The van der Waals surface area contributed by atoms with Crippen LogP contribution >= 0.6 is 0 Å². The number of carbonyl (C=O) groups is 1. The van der Waals surface area contributed by atoms with Crippen molar-refractivity contribution in [3.63, 3.8) is 0 Å². The zero-order chi connectivity index (χ0) is 23.9. The van der Waals surface area contributed by atoms with Gasteiger partial charge in [0.15, 0.2) is 0 Å². The predicted molar refractivity (Wildman–Crippen MR) is 134 cm³/mol. The number of rotatable bonds is 9. The second-order valence-electron chi connectivity index (χ2n) is 8.74. The van der Waals surface area contributed by atoms with Crippen molar-refractivity contribution >= 4 is 16.9 Å². The van der Waals surface area contributed by atoms with E-state index in [2.05, 4.69) is 22.0 Å². The number of benzene rings is 2. The summed E-state index contributed by atoms with van der Waals surface area (Å²) in [5, 5.41) is 2.91. The lowest BCUT2D eigenvalue weighted by Crippen LogP contribution is -2.47. The Balaban J connectivity index is 1.41. The number of carbonyl (C=O) groups excluding carboxylic acids is 1. The van der Waals surface area contributed by atoms with E-state index in [4.69, 9.17) is 0 Å². The molecule has 0 atom stereocenters. The number of aromatic nitrogens is 2. The van der Waals surface area contributed by atoms with Gasteiger partial charge >= 0.3 is 11.1 Å². The van der Waals surface area contributed by atoms with Crippen LogP contribution in [-0.2, 0) is 17.9 Å². The minimum absolute atomic E-state index is 0.171. The highest BCUT2D eigenvalue weighted by atomic mass is 16.2. The molecule has 0 spiro atoms. The summed E-state index contributed by atoms with van der Waals surface area (Å²) >= 11 is 0. The molecule has 1 amide bonds. The van der Waals surface area contributed by atoms with Crippen molar-refractivity contribution in [2.45, 2.75) is 26.4 Å². The summed E-state index contributed by atoms with van der Waals surface area (Å²) < 4.78 is 2.78. The summed E-state index contributed by atoms with van der Waals surface area (Å²) in [4.78, 5) is 43.4. The summed E-state index contributed by atoms with van der Waals surface area (Å²) in [6.07, 6.45) is 0.853. The molecule has 0 radical (unpaired) electrons. The number of hydrogen-bond acceptors (Lipinski definition) is 5. The molecular formula is C26H33N5O3. The Morgan fingerprint density at radius 2 is 1.41 bits per heavy atom. The molecule has 1 N–H and O–H groups in total. The quantitative estimate of drug-likeness (QED) is 0.383. The summed E-state index contributed by atoms with van der Waals surface area (Å²) in [5.74, 6) is -0.261. The van der Waals surface area contributed by atoms with Gasteiger partial charge in [-0.05, 0) is 37.2 Å². The van der Waals surface area contributed by atoms with Crippen molar-refractivity contribution in [1.29, 1.82) is 0 Å². The molecule has 1 aliphatic heterocycles. The fourth-order valence-corrected chi connectivity index (χ4v) is 4.51. The summed E-state index contributed by atoms with van der Waals surface area (Å²) in [6, 6.07) is 16.8. The third kappa shape index (κ3) is 5.63. The first-order valence-electron chi connectivity index (χ1n) is 12.0. The van der Waals surface area contributed by atoms with E-state index in [1.807, 2.05) is 48.5 Å². The van der Waals surface area contributed by atoms with Crippen LogP contribution in [0.15, 0.2) is 64.2 Å². The number of likely N-dealkylation sites (N-methyl/N-ethyl adjacent to an activating group) is 1. The fraction of sp³-hybridized carbons (Fsp3) is 0.423. The largest absolute Gasteiger partial charge is 0.355 e. The second kappa shape index (κ2) is 11.3. The molecule has 0 saturated carbocycles. The van der Waals surface area contributed by atoms with Crippen LogP contribution in [0, 0.1) is 0 Å². The van der Waals surface area contributed by atoms with E-state index in [0.29, 0.717) is 24.1 Å². The van der Waals surface area contributed by atoms with E-state index in [1.54, 1.807) is 6.07 Å². The number of piperazine rings is 1. The predicted octanol–water partition coefficient (Wildman–Crippen LogP) is 1.36. The highest BCUT2D eigenvalue weighted by Crippen LogP contribution is 2.12. The average Bonchev–Trinajstić information content (AvgIpc) is 2.88. The van der Waals surface area contributed by atoms with Crippen LogP contribution in [0.1, 0.15) is 18.9 Å². The molecule has 1 saturated heterocycles. The van der Waals surface area contributed by atoms with Crippen molar-refractivity contribution in [2.75, 3.05) is 45.8 Å².